The molecule has 0 unspecified atom stereocenters. The van der Waals surface area contributed by atoms with E-state index in [1.807, 2.05) is 0 Å². The second kappa shape index (κ2) is 22.9. The summed E-state index contributed by atoms with van der Waals surface area (Å²) in [7, 11) is -0.104. The third kappa shape index (κ3) is 13.2. The fourth-order valence-electron chi connectivity index (χ4n) is 6.03. The number of nitrogen functional groups attached to an aromatic ring is 2. The summed E-state index contributed by atoms with van der Waals surface area (Å²) in [6.45, 7) is 3.96. The molecule has 0 fully saturated rings. The molecule has 0 aliphatic carbocycles. The van der Waals surface area contributed by atoms with Gasteiger partial charge in [0.25, 0.3) is 16.7 Å². The molecule has 0 bridgehead atoms. The Labute approximate surface area is 369 Å². The van der Waals surface area contributed by atoms with Crippen LogP contribution in [0.25, 0.3) is 34.7 Å². The second-order valence-corrected chi connectivity index (χ2v) is 16.2. The molecule has 338 valence electrons. The summed E-state index contributed by atoms with van der Waals surface area (Å²) in [5.41, 5.74) is 22.2. The van der Waals surface area contributed by atoms with Crippen molar-refractivity contribution in [1.29, 1.82) is 0 Å². The molecule has 0 radical (unpaired) electrons. The van der Waals surface area contributed by atoms with Crippen LogP contribution in [0.2, 0.25) is 0 Å². The Morgan fingerprint density at radius 3 is 1.73 bits per heavy atom. The first-order valence-corrected chi connectivity index (χ1v) is 22.3. The van der Waals surface area contributed by atoms with Crippen LogP contribution in [-0.2, 0) is 38.6 Å². The molecule has 0 saturated heterocycles. The molecule has 22 heteroatoms. The monoisotopic (exact) mass is 895 g/mol. The first kappa shape index (κ1) is 46.5. The average molecular weight is 896 g/mol. The predicted molar refractivity (Wildman–Crippen MR) is 242 cm³/mol. The van der Waals surface area contributed by atoms with Gasteiger partial charge in [-0.05, 0) is 98.2 Å². The van der Waals surface area contributed by atoms with E-state index in [1.54, 1.807) is 44.7 Å². The Balaban J connectivity index is 0.000000172. The molecule has 0 amide bonds. The Hall–Kier alpha value is -7.01. The maximum absolute atomic E-state index is 11.4. The van der Waals surface area contributed by atoms with Crippen molar-refractivity contribution in [3.63, 3.8) is 0 Å². The number of hydrogen-bond donors (Lipinski definition) is 5. The van der Waals surface area contributed by atoms with E-state index in [0.29, 0.717) is 42.2 Å². The smallest absolute Gasteiger partial charge is 0.259 e. The Morgan fingerprint density at radius 2 is 1.17 bits per heavy atom. The molecule has 0 aliphatic heterocycles. The van der Waals surface area contributed by atoms with E-state index in [0.717, 1.165) is 74.7 Å². The van der Waals surface area contributed by atoms with Gasteiger partial charge in [-0.2, -0.15) is 38.9 Å². The number of sulfone groups is 1. The lowest BCUT2D eigenvalue weighted by atomic mass is 10.0. The highest BCUT2D eigenvalue weighted by Gasteiger charge is 2.18. The van der Waals surface area contributed by atoms with Gasteiger partial charge in [0.2, 0.25) is 39.3 Å². The maximum Gasteiger partial charge on any atom is 0.259 e. The van der Waals surface area contributed by atoms with Gasteiger partial charge >= 0.3 is 0 Å². The van der Waals surface area contributed by atoms with Crippen molar-refractivity contribution < 1.29 is 26.7 Å². The van der Waals surface area contributed by atoms with E-state index >= 15 is 0 Å². The van der Waals surface area contributed by atoms with Crippen LogP contribution in [0.15, 0.2) is 99.3 Å². The molecule has 6 heterocycles. The molecule has 8 N–H and O–H groups in total. The van der Waals surface area contributed by atoms with Gasteiger partial charge in [-0.15, -0.1) is 10.2 Å². The van der Waals surface area contributed by atoms with Crippen molar-refractivity contribution in [3.8, 4) is 23.2 Å². The van der Waals surface area contributed by atoms with Crippen LogP contribution in [0, 0.1) is 0 Å². The third-order valence-corrected chi connectivity index (χ3v) is 10.1. The highest BCUT2D eigenvalue weighted by atomic mass is 32.2. The minimum absolute atomic E-state index is 0.0410. The van der Waals surface area contributed by atoms with Gasteiger partial charge in [0.1, 0.15) is 0 Å². The number of aromatic nitrogens is 10. The van der Waals surface area contributed by atoms with Crippen LogP contribution in [0.5, 0.6) is 0 Å². The van der Waals surface area contributed by atoms with Gasteiger partial charge in [0, 0.05) is 52.5 Å². The topological polar surface area (TPSA) is 293 Å². The zero-order chi connectivity index (χ0) is 45.3. The minimum atomic E-state index is -3.57. The lowest BCUT2D eigenvalue weighted by Crippen LogP contribution is -2.12. The van der Waals surface area contributed by atoms with E-state index < -0.39 is 15.0 Å². The van der Waals surface area contributed by atoms with Crippen molar-refractivity contribution in [3.05, 3.63) is 102 Å². The average Bonchev–Trinajstić information content (AvgIpc) is 4.13. The van der Waals surface area contributed by atoms with Crippen LogP contribution >= 0.6 is 0 Å². The van der Waals surface area contributed by atoms with Crippen LogP contribution in [0.4, 0.5) is 23.5 Å². The molecule has 2 aromatic carbocycles. The van der Waals surface area contributed by atoms with Gasteiger partial charge in [-0.3, -0.25) is 0 Å². The van der Waals surface area contributed by atoms with Crippen LogP contribution in [0.1, 0.15) is 36.0 Å². The first-order valence-electron chi connectivity index (χ1n) is 20.5. The van der Waals surface area contributed by atoms with E-state index in [-0.39, 0.29) is 23.5 Å². The van der Waals surface area contributed by atoms with E-state index in [9.17, 15) is 8.42 Å². The number of aryl methyl sites for hydroxylation is 1. The SMILES string of the molecule is COCCCCc1ccc(CCNc2nc(N)n3nc(-c4ccco4)nc3n2)cc1.COCCCNc1ccc(CCN)cc1.CS(=O)(=O)c1nc(N)n2nc(-c3ccco3)nc2n1. The summed E-state index contributed by atoms with van der Waals surface area (Å²) < 4.78 is 45.9. The van der Waals surface area contributed by atoms with Crippen LogP contribution < -0.4 is 27.8 Å². The number of nitrogens with one attached hydrogen (secondary N) is 2. The van der Waals surface area contributed by atoms with Crippen molar-refractivity contribution in [2.24, 2.45) is 5.73 Å². The quantitative estimate of drug-likeness (QED) is 0.0703. The molecule has 21 nitrogen and oxygen atoms in total. The van der Waals surface area contributed by atoms with E-state index in [2.05, 4.69) is 99.3 Å². The number of rotatable bonds is 19. The fourth-order valence-corrected chi connectivity index (χ4v) is 6.54. The first-order chi connectivity index (χ1) is 31.0. The summed E-state index contributed by atoms with van der Waals surface area (Å²) in [5.74, 6) is 2.57. The Morgan fingerprint density at radius 1 is 0.625 bits per heavy atom. The number of furan rings is 2. The number of nitrogens with zero attached hydrogens (tertiary/aromatic N) is 10. The number of benzene rings is 2. The molecule has 0 aliphatic rings. The zero-order valence-corrected chi connectivity index (χ0v) is 36.7. The van der Waals surface area contributed by atoms with Gasteiger partial charge in [0.05, 0.1) is 12.5 Å². The highest BCUT2D eigenvalue weighted by Crippen LogP contribution is 2.19. The summed E-state index contributed by atoms with van der Waals surface area (Å²) in [5, 5.41) is 14.5. The van der Waals surface area contributed by atoms with Crippen LogP contribution in [0.3, 0.4) is 0 Å². The zero-order valence-electron chi connectivity index (χ0n) is 35.9. The van der Waals surface area contributed by atoms with Crippen molar-refractivity contribution in [1.82, 2.24) is 49.1 Å². The molecular formula is C42H53N15O6S. The third-order valence-electron chi connectivity index (χ3n) is 9.29. The van der Waals surface area contributed by atoms with E-state index in [1.165, 1.54) is 27.5 Å². The number of methoxy groups -OCH3 is 2. The number of unbranched alkanes of at least 4 members (excludes halogenated alkanes) is 1. The largest absolute Gasteiger partial charge is 0.461 e. The summed E-state index contributed by atoms with van der Waals surface area (Å²) in [6.07, 6.45) is 10.2. The molecule has 8 rings (SSSR count). The van der Waals surface area contributed by atoms with Gasteiger partial charge < -0.3 is 46.1 Å². The van der Waals surface area contributed by atoms with Gasteiger partial charge in [-0.25, -0.2) is 8.42 Å². The number of nitrogens with two attached hydrogens (primary N) is 3. The van der Waals surface area contributed by atoms with Crippen molar-refractivity contribution in [2.45, 2.75) is 43.7 Å². The lowest BCUT2D eigenvalue weighted by molar-refractivity contribution is 0.193. The standard InChI is InChI=1S/C21H25N7O2.C12H20N2O.C9H8N6O3S/c1-29-13-3-2-5-15-7-9-16(10-8-15)11-12-23-20-25-19(22)28-21(26-20)24-18(27-28)17-6-4-14-30-17;1-15-10-2-9-14-12-5-3-11(4-6-12)7-8-13;1-19(16,17)9-12-7(10)15-8(13-9)11-6(14-15)5-3-2-4-18-5/h4,6-10,14H,2-3,5,11-13H2,1H3,(H3,22,23,24,25,26,27);3-6,14H,2,7-10,13H2,1H3;2-4H,1H3,(H2,10,11,12,13,14). The normalized spacial score (nSPS) is 11.2. The Bertz CT molecular complexity index is 2740. The molecule has 64 heavy (non-hydrogen) atoms. The number of fused-ring (bicyclic) bond motifs is 2. The highest BCUT2D eigenvalue weighted by molar-refractivity contribution is 7.90. The molecule has 0 atom stereocenters. The van der Waals surface area contributed by atoms with Gasteiger partial charge in [-0.1, -0.05) is 36.4 Å². The number of ether oxygens (including phenoxy) is 2. The van der Waals surface area contributed by atoms with Crippen LogP contribution in [-0.4, -0.2) is 111 Å². The predicted octanol–water partition coefficient (Wildman–Crippen LogP) is 4.39. The Kier molecular flexibility index (Phi) is 16.6. The van der Waals surface area contributed by atoms with Crippen molar-refractivity contribution in [2.75, 3.05) is 75.4 Å². The molecule has 0 spiro atoms. The fraction of sp³-hybridized carbons (Fsp3) is 0.333. The molecule has 6 aromatic heterocycles. The summed E-state index contributed by atoms with van der Waals surface area (Å²) >= 11 is 0. The number of hydrogen-bond acceptors (Lipinski definition) is 19. The maximum atomic E-state index is 11.4. The molecular weight excluding hydrogens is 843 g/mol. The van der Waals surface area contributed by atoms with Gasteiger partial charge in [0.15, 0.2) is 11.5 Å². The van der Waals surface area contributed by atoms with E-state index in [4.69, 9.17) is 35.5 Å². The lowest BCUT2D eigenvalue weighted by Gasteiger charge is -2.07. The molecule has 0 saturated carbocycles. The molecule has 8 aromatic rings. The summed E-state index contributed by atoms with van der Waals surface area (Å²) in [4.78, 5) is 24.6. The van der Waals surface area contributed by atoms with Crippen molar-refractivity contribution >= 4 is 44.9 Å². The number of anilines is 4. The second-order valence-electron chi connectivity index (χ2n) is 14.2. The minimum Gasteiger partial charge on any atom is -0.461 e. The summed E-state index contributed by atoms with van der Waals surface area (Å²) in [6, 6.07) is 24.0.